The van der Waals surface area contributed by atoms with Crippen LogP contribution in [-0.2, 0) is 16.2 Å². The van der Waals surface area contributed by atoms with Gasteiger partial charge in [-0.25, -0.2) is 4.98 Å². The molecule has 0 saturated carbocycles. The summed E-state index contributed by atoms with van der Waals surface area (Å²) in [4.78, 5) is 5.67. The van der Waals surface area contributed by atoms with Gasteiger partial charge in [0, 0.05) is 39.4 Å². The molecule has 0 spiro atoms. The van der Waals surface area contributed by atoms with Crippen LogP contribution in [0.25, 0.3) is 72.7 Å². The van der Waals surface area contributed by atoms with Gasteiger partial charge in [-0.3, -0.25) is 0 Å². The van der Waals surface area contributed by atoms with Crippen molar-refractivity contribution < 1.29 is 9.67 Å². The van der Waals surface area contributed by atoms with Crippen LogP contribution in [0.3, 0.4) is 0 Å². The summed E-state index contributed by atoms with van der Waals surface area (Å²) in [5, 5.41) is 12.5. The van der Waals surface area contributed by atoms with Crippen LogP contribution >= 0.6 is 0 Å². The Balaban J connectivity index is 1.42. The molecule has 2 aromatic heterocycles. The minimum atomic E-state index is -0.304. The molecule has 8 aromatic rings. The summed E-state index contributed by atoms with van der Waals surface area (Å²) in [5.41, 5.74) is 22.2. The highest BCUT2D eigenvalue weighted by molar-refractivity contribution is 5.85. The number of hydrogen-bond acceptors (Lipinski definition) is 2. The van der Waals surface area contributed by atoms with Crippen LogP contribution in [0.2, 0.25) is 0 Å². The lowest BCUT2D eigenvalue weighted by Crippen LogP contribution is -2.33. The molecule has 8 rings (SSSR count). The molecule has 0 unspecified atom stereocenters. The van der Waals surface area contributed by atoms with Crippen LogP contribution in [0, 0.1) is 0 Å². The van der Waals surface area contributed by atoms with Gasteiger partial charge in [0.1, 0.15) is 5.75 Å². The average Bonchev–Trinajstić information content (AvgIpc) is 3.34. The van der Waals surface area contributed by atoms with Crippen LogP contribution in [-0.4, -0.2) is 10.1 Å². The lowest BCUT2D eigenvalue weighted by atomic mass is 9.78. The Morgan fingerprint density at radius 2 is 0.836 bits per heavy atom. The highest BCUT2D eigenvalue weighted by atomic mass is 16.3. The number of aromatic nitrogens is 2. The maximum atomic E-state index is 12.5. The lowest BCUT2D eigenvalue weighted by Gasteiger charge is -2.28. The van der Waals surface area contributed by atoms with E-state index in [1.54, 1.807) is 0 Å². The SMILES string of the molecule is CC(C)c1cc(-c2ccccc2)cc(C(C)C)c1-c1cc(-c2cc(-c3ccc[n+](-c4c(C(C)C)cc(-c5ccccc5)cc4C(C)C)c3)cc(C(C)(C)C)c2)nc(-c2cc(C(C)(C)C)cc(C(C)(C)C)c2O)c1. The zero-order valence-corrected chi connectivity index (χ0v) is 47.1. The van der Waals surface area contributed by atoms with Gasteiger partial charge in [0.25, 0.3) is 0 Å². The second-order valence-electron chi connectivity index (χ2n) is 25.0. The van der Waals surface area contributed by atoms with Gasteiger partial charge in [-0.2, -0.15) is 4.57 Å². The number of phenols is 1. The first-order valence-corrected chi connectivity index (χ1v) is 26.9. The molecule has 0 bridgehead atoms. The zero-order valence-electron chi connectivity index (χ0n) is 47.1. The third-order valence-electron chi connectivity index (χ3n) is 14.7. The average molecular weight is 966 g/mol. The van der Waals surface area contributed by atoms with E-state index in [-0.39, 0.29) is 28.1 Å². The number of nitrogens with zero attached hydrogens (tertiary/aromatic N) is 2. The summed E-state index contributed by atoms with van der Waals surface area (Å²) in [5.74, 6) is 1.38. The number of hydrogen-bond donors (Lipinski definition) is 1. The van der Waals surface area contributed by atoms with Crippen molar-refractivity contribution in [3.05, 3.63) is 191 Å². The minimum absolute atomic E-state index is 0.163. The Hall–Kier alpha value is -6.58. The summed E-state index contributed by atoms with van der Waals surface area (Å²) in [6, 6.07) is 51.7. The molecule has 1 N–H and O–H groups in total. The first-order valence-electron chi connectivity index (χ1n) is 26.9. The summed E-state index contributed by atoms with van der Waals surface area (Å²) < 4.78 is 2.37. The summed E-state index contributed by atoms with van der Waals surface area (Å²) >= 11 is 0. The molecule has 0 aliphatic carbocycles. The molecule has 6 aromatic carbocycles. The van der Waals surface area contributed by atoms with Crippen LogP contribution in [0.5, 0.6) is 5.75 Å². The molecule has 2 heterocycles. The van der Waals surface area contributed by atoms with Crippen LogP contribution < -0.4 is 4.57 Å². The van der Waals surface area contributed by atoms with E-state index in [2.05, 4.69) is 274 Å². The fourth-order valence-corrected chi connectivity index (χ4v) is 10.3. The lowest BCUT2D eigenvalue weighted by molar-refractivity contribution is -0.596. The van der Waals surface area contributed by atoms with E-state index in [9.17, 15) is 5.11 Å². The third-order valence-corrected chi connectivity index (χ3v) is 14.7. The smallest absolute Gasteiger partial charge is 0.217 e. The van der Waals surface area contributed by atoms with Crippen molar-refractivity contribution in [3.63, 3.8) is 0 Å². The second-order valence-corrected chi connectivity index (χ2v) is 25.0. The number of rotatable bonds is 11. The van der Waals surface area contributed by atoms with Gasteiger partial charge in [-0.15, -0.1) is 0 Å². The molecule has 0 radical (unpaired) electrons. The number of phenolic OH excluding ortho intramolecular Hbond substituents is 1. The molecule has 73 heavy (non-hydrogen) atoms. The van der Waals surface area contributed by atoms with Gasteiger partial charge in [0.2, 0.25) is 5.69 Å². The molecule has 0 saturated heterocycles. The Labute approximate surface area is 439 Å². The van der Waals surface area contributed by atoms with Crippen molar-refractivity contribution in [1.82, 2.24) is 4.98 Å². The highest BCUT2D eigenvalue weighted by Gasteiger charge is 2.29. The van der Waals surface area contributed by atoms with E-state index in [1.165, 1.54) is 66.9 Å². The number of aromatic hydroxyl groups is 1. The molecular formula is C70H81N2O+. The first kappa shape index (κ1) is 52.7. The number of benzene rings is 6. The van der Waals surface area contributed by atoms with Crippen LogP contribution in [0.1, 0.15) is 180 Å². The van der Waals surface area contributed by atoms with Crippen LogP contribution in [0.15, 0.2) is 152 Å². The van der Waals surface area contributed by atoms with Crippen molar-refractivity contribution in [2.75, 3.05) is 0 Å². The van der Waals surface area contributed by atoms with E-state index in [1.807, 2.05) is 0 Å². The summed E-state index contributed by atoms with van der Waals surface area (Å²) in [6.45, 7) is 38.7. The quantitative estimate of drug-likeness (QED) is 0.131. The van der Waals surface area contributed by atoms with Gasteiger partial charge in [-0.05, 0) is 150 Å². The van der Waals surface area contributed by atoms with Gasteiger partial charge in [-0.1, -0.05) is 203 Å². The maximum absolute atomic E-state index is 12.5. The van der Waals surface area contributed by atoms with Crippen molar-refractivity contribution in [2.24, 2.45) is 0 Å². The van der Waals surface area contributed by atoms with Gasteiger partial charge in [0.05, 0.1) is 11.4 Å². The molecule has 376 valence electrons. The van der Waals surface area contributed by atoms with E-state index in [0.29, 0.717) is 17.6 Å². The highest BCUT2D eigenvalue weighted by Crippen LogP contribution is 2.46. The first-order chi connectivity index (χ1) is 34.3. The molecule has 0 atom stereocenters. The summed E-state index contributed by atoms with van der Waals surface area (Å²) in [7, 11) is 0. The predicted molar refractivity (Wildman–Crippen MR) is 313 cm³/mol. The fourth-order valence-electron chi connectivity index (χ4n) is 10.3. The molecule has 0 aliphatic heterocycles. The topological polar surface area (TPSA) is 37.0 Å². The van der Waals surface area contributed by atoms with E-state index in [4.69, 9.17) is 4.98 Å². The standard InChI is InChI=1S/C70H80N2O/c1-43(2)57-34-51(47-25-20-18-21-26-47)35-58(44(3)4)65(57)54-38-63(71-64(39-54)61-40-56(69(12,13)14)41-62(67(61)73)70(15,16)17)53-31-50(32-55(33-53)68(9,10)11)49-29-24-30-72(42-49)66-59(45(5)6)36-52(37-60(66)46(7)8)48-27-22-19-23-28-48/h18-46H,1-17H3/p+1. The molecular weight excluding hydrogens is 885 g/mol. The Bertz CT molecular complexity index is 3220. The Morgan fingerprint density at radius 3 is 1.32 bits per heavy atom. The normalized spacial score (nSPS) is 12.5. The van der Waals surface area contributed by atoms with Gasteiger partial charge < -0.3 is 5.11 Å². The zero-order chi connectivity index (χ0) is 52.9. The molecule has 3 heteroatoms. The van der Waals surface area contributed by atoms with Crippen molar-refractivity contribution >= 4 is 0 Å². The number of pyridine rings is 2. The minimum Gasteiger partial charge on any atom is -0.507 e. The van der Waals surface area contributed by atoms with Crippen molar-refractivity contribution in [1.29, 1.82) is 0 Å². The van der Waals surface area contributed by atoms with Crippen molar-refractivity contribution in [2.45, 2.75) is 158 Å². The van der Waals surface area contributed by atoms with E-state index in [0.717, 1.165) is 44.8 Å². The monoisotopic (exact) mass is 966 g/mol. The summed E-state index contributed by atoms with van der Waals surface area (Å²) in [6.07, 6.45) is 4.55. The second kappa shape index (κ2) is 20.4. The third kappa shape index (κ3) is 11.2. The van der Waals surface area contributed by atoms with Gasteiger partial charge >= 0.3 is 0 Å². The molecule has 0 amide bonds. The van der Waals surface area contributed by atoms with Crippen molar-refractivity contribution in [3.8, 4) is 78.5 Å². The largest absolute Gasteiger partial charge is 0.507 e. The molecule has 0 aliphatic rings. The Morgan fingerprint density at radius 1 is 0.397 bits per heavy atom. The Kier molecular flexibility index (Phi) is 14.7. The predicted octanol–water partition coefficient (Wildman–Crippen LogP) is 19.5. The van der Waals surface area contributed by atoms with E-state index >= 15 is 0 Å². The van der Waals surface area contributed by atoms with E-state index < -0.39 is 0 Å². The maximum Gasteiger partial charge on any atom is 0.217 e. The fraction of sp³-hybridized carbons (Fsp3) is 0.343. The van der Waals surface area contributed by atoms with Gasteiger partial charge in [0.15, 0.2) is 12.4 Å². The molecule has 3 nitrogen and oxygen atoms in total. The van der Waals surface area contributed by atoms with Crippen LogP contribution in [0.4, 0.5) is 0 Å². The molecule has 0 fully saturated rings.